The number of rotatable bonds is 4. The first kappa shape index (κ1) is 13.7. The summed E-state index contributed by atoms with van der Waals surface area (Å²) in [6, 6.07) is 0. The van der Waals surface area contributed by atoms with E-state index in [1.54, 1.807) is 11.3 Å². The highest BCUT2D eigenvalue weighted by molar-refractivity contribution is 7.13. The van der Waals surface area contributed by atoms with Crippen molar-refractivity contribution in [1.29, 1.82) is 0 Å². The van der Waals surface area contributed by atoms with Crippen LogP contribution in [0.25, 0.3) is 10.8 Å². The molecule has 4 nitrogen and oxygen atoms in total. The molecule has 0 bridgehead atoms. The van der Waals surface area contributed by atoms with Crippen molar-refractivity contribution >= 4 is 11.3 Å². The lowest BCUT2D eigenvalue weighted by Gasteiger charge is -2.24. The van der Waals surface area contributed by atoms with E-state index in [9.17, 15) is 0 Å². The summed E-state index contributed by atoms with van der Waals surface area (Å²) >= 11 is 1.61. The average molecular weight is 291 g/mol. The SMILES string of the molecule is CC(C)(C)Cc1nc(-c2nc(CC3CCC3)cs2)no1. The molecule has 2 heterocycles. The number of hydrogen-bond acceptors (Lipinski definition) is 5. The smallest absolute Gasteiger partial charge is 0.231 e. The van der Waals surface area contributed by atoms with Gasteiger partial charge in [0.1, 0.15) is 0 Å². The van der Waals surface area contributed by atoms with E-state index in [4.69, 9.17) is 4.52 Å². The first-order valence-corrected chi connectivity index (χ1v) is 8.15. The van der Waals surface area contributed by atoms with Crippen LogP contribution in [0, 0.1) is 11.3 Å². The Balaban J connectivity index is 1.69. The van der Waals surface area contributed by atoms with Crippen molar-refractivity contribution in [2.45, 2.75) is 52.9 Å². The van der Waals surface area contributed by atoms with E-state index >= 15 is 0 Å². The van der Waals surface area contributed by atoms with Gasteiger partial charge in [-0.25, -0.2) is 4.98 Å². The van der Waals surface area contributed by atoms with Gasteiger partial charge in [0.15, 0.2) is 5.01 Å². The molecule has 0 aliphatic heterocycles. The number of nitrogens with zero attached hydrogens (tertiary/aromatic N) is 3. The predicted octanol–water partition coefficient (Wildman–Crippen LogP) is 4.12. The van der Waals surface area contributed by atoms with E-state index in [0.717, 1.165) is 23.8 Å². The summed E-state index contributed by atoms with van der Waals surface area (Å²) in [6.45, 7) is 6.49. The van der Waals surface area contributed by atoms with Crippen molar-refractivity contribution < 1.29 is 4.52 Å². The van der Waals surface area contributed by atoms with Crippen LogP contribution in [0.15, 0.2) is 9.90 Å². The predicted molar refractivity (Wildman–Crippen MR) is 79.6 cm³/mol. The first-order chi connectivity index (χ1) is 9.49. The second kappa shape index (κ2) is 5.28. The Labute approximate surface area is 123 Å². The van der Waals surface area contributed by atoms with Gasteiger partial charge >= 0.3 is 0 Å². The monoisotopic (exact) mass is 291 g/mol. The third kappa shape index (κ3) is 3.26. The largest absolute Gasteiger partial charge is 0.339 e. The summed E-state index contributed by atoms with van der Waals surface area (Å²) in [7, 11) is 0. The zero-order valence-electron chi connectivity index (χ0n) is 12.3. The van der Waals surface area contributed by atoms with Crippen molar-refractivity contribution in [2.75, 3.05) is 0 Å². The van der Waals surface area contributed by atoms with Crippen LogP contribution in [0.5, 0.6) is 0 Å². The van der Waals surface area contributed by atoms with Gasteiger partial charge in [-0.15, -0.1) is 11.3 Å². The van der Waals surface area contributed by atoms with Gasteiger partial charge < -0.3 is 4.52 Å². The molecule has 0 N–H and O–H groups in total. The second-order valence-electron chi connectivity index (χ2n) is 6.89. The Morgan fingerprint density at radius 2 is 2.10 bits per heavy atom. The molecular formula is C15H21N3OS. The first-order valence-electron chi connectivity index (χ1n) is 7.27. The molecule has 3 rings (SSSR count). The highest BCUT2D eigenvalue weighted by Crippen LogP contribution is 2.31. The average Bonchev–Trinajstić information content (AvgIpc) is 2.89. The molecule has 2 aromatic heterocycles. The molecular weight excluding hydrogens is 270 g/mol. The molecule has 1 aliphatic rings. The third-order valence-corrected chi connectivity index (χ3v) is 4.50. The Hall–Kier alpha value is -1.23. The molecule has 1 saturated carbocycles. The van der Waals surface area contributed by atoms with Crippen molar-refractivity contribution in [1.82, 2.24) is 15.1 Å². The Morgan fingerprint density at radius 3 is 2.75 bits per heavy atom. The number of hydrogen-bond donors (Lipinski definition) is 0. The van der Waals surface area contributed by atoms with Crippen LogP contribution in [0.4, 0.5) is 0 Å². The van der Waals surface area contributed by atoms with E-state index in [1.807, 2.05) is 0 Å². The molecule has 20 heavy (non-hydrogen) atoms. The van der Waals surface area contributed by atoms with Gasteiger partial charge in [0.05, 0.1) is 5.69 Å². The van der Waals surface area contributed by atoms with Crippen LogP contribution in [0.2, 0.25) is 0 Å². The molecule has 2 aromatic rings. The second-order valence-corrected chi connectivity index (χ2v) is 7.75. The molecule has 1 aliphatic carbocycles. The standard InChI is InChI=1S/C15H21N3OS/c1-15(2,3)8-12-17-13(18-19-12)14-16-11(9-20-14)7-10-5-4-6-10/h9-10H,4-8H2,1-3H3. The zero-order chi connectivity index (χ0) is 14.2. The van der Waals surface area contributed by atoms with E-state index < -0.39 is 0 Å². The van der Waals surface area contributed by atoms with Crippen LogP contribution in [0.1, 0.15) is 51.6 Å². The quantitative estimate of drug-likeness (QED) is 0.850. The maximum Gasteiger partial charge on any atom is 0.231 e. The van der Waals surface area contributed by atoms with Gasteiger partial charge in [0.25, 0.3) is 0 Å². The zero-order valence-corrected chi connectivity index (χ0v) is 13.2. The van der Waals surface area contributed by atoms with Gasteiger partial charge in [-0.1, -0.05) is 45.2 Å². The molecule has 0 unspecified atom stereocenters. The highest BCUT2D eigenvalue weighted by atomic mass is 32.1. The lowest BCUT2D eigenvalue weighted by Crippen LogP contribution is -2.13. The van der Waals surface area contributed by atoms with Crippen molar-refractivity contribution in [2.24, 2.45) is 11.3 Å². The van der Waals surface area contributed by atoms with Crippen LogP contribution in [-0.4, -0.2) is 15.1 Å². The van der Waals surface area contributed by atoms with Crippen molar-refractivity contribution in [3.63, 3.8) is 0 Å². The fourth-order valence-electron chi connectivity index (χ4n) is 2.36. The summed E-state index contributed by atoms with van der Waals surface area (Å²) in [6.07, 6.45) is 5.97. The van der Waals surface area contributed by atoms with Crippen LogP contribution < -0.4 is 0 Å². The summed E-state index contributed by atoms with van der Waals surface area (Å²) in [5.41, 5.74) is 1.33. The summed E-state index contributed by atoms with van der Waals surface area (Å²) in [5, 5.41) is 7.07. The minimum Gasteiger partial charge on any atom is -0.339 e. The lowest BCUT2D eigenvalue weighted by molar-refractivity contribution is 0.312. The Kier molecular flexibility index (Phi) is 3.63. The molecule has 5 heteroatoms. The maximum atomic E-state index is 5.32. The minimum absolute atomic E-state index is 0.155. The third-order valence-electron chi connectivity index (χ3n) is 3.62. The minimum atomic E-state index is 0.155. The topological polar surface area (TPSA) is 51.8 Å². The van der Waals surface area contributed by atoms with E-state index in [-0.39, 0.29) is 5.41 Å². The molecule has 108 valence electrons. The van der Waals surface area contributed by atoms with Gasteiger partial charge in [0, 0.05) is 11.8 Å². The fourth-order valence-corrected chi connectivity index (χ4v) is 3.12. The van der Waals surface area contributed by atoms with E-state index in [2.05, 4.69) is 41.3 Å². The van der Waals surface area contributed by atoms with Gasteiger partial charge in [-0.2, -0.15) is 4.98 Å². The Morgan fingerprint density at radius 1 is 1.30 bits per heavy atom. The van der Waals surface area contributed by atoms with Gasteiger partial charge in [-0.05, 0) is 17.8 Å². The molecule has 0 spiro atoms. The number of aromatic nitrogens is 3. The van der Waals surface area contributed by atoms with E-state index in [0.29, 0.717) is 11.7 Å². The molecule has 0 atom stereocenters. The lowest BCUT2D eigenvalue weighted by atomic mass is 9.82. The van der Waals surface area contributed by atoms with Gasteiger partial charge in [0.2, 0.25) is 11.7 Å². The van der Waals surface area contributed by atoms with Crippen molar-refractivity contribution in [3.05, 3.63) is 17.0 Å². The highest BCUT2D eigenvalue weighted by Gasteiger charge is 2.21. The number of thiazole rings is 1. The van der Waals surface area contributed by atoms with Gasteiger partial charge in [-0.3, -0.25) is 0 Å². The fraction of sp³-hybridized carbons (Fsp3) is 0.667. The van der Waals surface area contributed by atoms with Crippen LogP contribution in [-0.2, 0) is 12.8 Å². The van der Waals surface area contributed by atoms with Crippen LogP contribution in [0.3, 0.4) is 0 Å². The van der Waals surface area contributed by atoms with E-state index in [1.165, 1.54) is 25.0 Å². The molecule has 0 radical (unpaired) electrons. The van der Waals surface area contributed by atoms with Crippen molar-refractivity contribution in [3.8, 4) is 10.8 Å². The summed E-state index contributed by atoms with van der Waals surface area (Å²) < 4.78 is 5.32. The molecule has 0 saturated heterocycles. The molecule has 0 aromatic carbocycles. The Bertz CT molecular complexity index is 578. The summed E-state index contributed by atoms with van der Waals surface area (Å²) in [5.74, 6) is 2.17. The van der Waals surface area contributed by atoms with Crippen LogP contribution >= 0.6 is 11.3 Å². The molecule has 1 fully saturated rings. The normalized spacial score (nSPS) is 16.4. The maximum absolute atomic E-state index is 5.32. The molecule has 0 amide bonds. The summed E-state index contributed by atoms with van der Waals surface area (Å²) in [4.78, 5) is 9.11.